The van der Waals surface area contributed by atoms with Crippen molar-refractivity contribution in [3.8, 4) is 0 Å². The van der Waals surface area contributed by atoms with Crippen LogP contribution in [-0.4, -0.2) is 32.9 Å². The van der Waals surface area contributed by atoms with Crippen LogP contribution in [0.2, 0.25) is 0 Å². The first-order chi connectivity index (χ1) is 11.6. The van der Waals surface area contributed by atoms with Gasteiger partial charge in [0, 0.05) is 31.3 Å². The lowest BCUT2D eigenvalue weighted by atomic mass is 10.2. The highest BCUT2D eigenvalue weighted by Gasteiger charge is 2.14. The van der Waals surface area contributed by atoms with E-state index < -0.39 is 0 Å². The molecule has 0 spiro atoms. The summed E-state index contributed by atoms with van der Waals surface area (Å²) in [4.78, 5) is 30.9. The Morgan fingerprint density at radius 2 is 1.96 bits per heavy atom. The Bertz CT molecular complexity index is 839. The van der Waals surface area contributed by atoms with E-state index in [2.05, 4.69) is 19.9 Å². The summed E-state index contributed by atoms with van der Waals surface area (Å²) in [6, 6.07) is 9.01. The normalized spacial score (nSPS) is 10.4. The molecule has 1 amide bonds. The molecule has 0 atom stereocenters. The SMILES string of the molecule is Cc1ccnc(Sc2ccc(C(=O)N(C)c3cccnc3)cn2)n1. The predicted molar refractivity (Wildman–Crippen MR) is 92.1 cm³/mol. The third-order valence-corrected chi connectivity index (χ3v) is 4.12. The van der Waals surface area contributed by atoms with Crippen molar-refractivity contribution in [1.29, 1.82) is 0 Å². The molecule has 0 fully saturated rings. The van der Waals surface area contributed by atoms with Crippen molar-refractivity contribution >= 4 is 23.4 Å². The molecule has 0 saturated carbocycles. The fraction of sp³-hybridized carbons (Fsp3) is 0.118. The monoisotopic (exact) mass is 337 g/mol. The second-order valence-electron chi connectivity index (χ2n) is 5.04. The van der Waals surface area contributed by atoms with Gasteiger partial charge in [-0.3, -0.25) is 9.78 Å². The lowest BCUT2D eigenvalue weighted by molar-refractivity contribution is 0.0992. The second kappa shape index (κ2) is 7.18. The number of hydrogen-bond donors (Lipinski definition) is 0. The number of anilines is 1. The molecule has 0 saturated heterocycles. The molecule has 3 heterocycles. The quantitative estimate of drug-likeness (QED) is 0.682. The summed E-state index contributed by atoms with van der Waals surface area (Å²) >= 11 is 1.36. The first-order valence-corrected chi connectivity index (χ1v) is 8.07. The molecule has 3 aromatic heterocycles. The van der Waals surface area contributed by atoms with Gasteiger partial charge in [-0.25, -0.2) is 15.0 Å². The molecule has 0 radical (unpaired) electrons. The molecule has 3 aromatic rings. The van der Waals surface area contributed by atoms with Crippen molar-refractivity contribution in [2.24, 2.45) is 0 Å². The number of carbonyl (C=O) groups is 1. The Morgan fingerprint density at radius 3 is 2.62 bits per heavy atom. The highest BCUT2D eigenvalue weighted by Crippen LogP contribution is 2.23. The van der Waals surface area contributed by atoms with Crippen LogP contribution in [0.1, 0.15) is 16.1 Å². The van der Waals surface area contributed by atoms with Crippen molar-refractivity contribution in [1.82, 2.24) is 19.9 Å². The van der Waals surface area contributed by atoms with Gasteiger partial charge >= 0.3 is 0 Å². The number of aryl methyl sites for hydroxylation is 1. The first kappa shape index (κ1) is 16.1. The lowest BCUT2D eigenvalue weighted by Gasteiger charge is -2.16. The zero-order valence-corrected chi connectivity index (χ0v) is 14.1. The van der Waals surface area contributed by atoms with Crippen LogP contribution in [0.3, 0.4) is 0 Å². The minimum Gasteiger partial charge on any atom is -0.310 e. The van der Waals surface area contributed by atoms with Gasteiger partial charge in [0.1, 0.15) is 5.03 Å². The number of amides is 1. The van der Waals surface area contributed by atoms with Crippen molar-refractivity contribution in [3.63, 3.8) is 0 Å². The smallest absolute Gasteiger partial charge is 0.259 e. The van der Waals surface area contributed by atoms with Gasteiger partial charge in [-0.15, -0.1) is 0 Å². The minimum atomic E-state index is -0.140. The number of nitrogens with zero attached hydrogens (tertiary/aromatic N) is 5. The van der Waals surface area contributed by atoms with Crippen LogP contribution < -0.4 is 4.90 Å². The Labute approximate surface area is 144 Å². The molecule has 24 heavy (non-hydrogen) atoms. The van der Waals surface area contributed by atoms with Gasteiger partial charge in [0.15, 0.2) is 5.16 Å². The highest BCUT2D eigenvalue weighted by molar-refractivity contribution is 7.99. The van der Waals surface area contributed by atoms with Gasteiger partial charge in [-0.1, -0.05) is 0 Å². The fourth-order valence-electron chi connectivity index (χ4n) is 2.00. The van der Waals surface area contributed by atoms with Crippen LogP contribution in [0.4, 0.5) is 5.69 Å². The van der Waals surface area contributed by atoms with Crippen molar-refractivity contribution < 1.29 is 4.79 Å². The molecule has 0 N–H and O–H groups in total. The molecule has 0 aromatic carbocycles. The molecular weight excluding hydrogens is 322 g/mol. The van der Waals surface area contributed by atoms with Gasteiger partial charge in [0.2, 0.25) is 0 Å². The summed E-state index contributed by atoms with van der Waals surface area (Å²) in [6.07, 6.45) is 6.59. The van der Waals surface area contributed by atoms with Crippen LogP contribution >= 0.6 is 11.8 Å². The maximum Gasteiger partial charge on any atom is 0.259 e. The molecule has 7 heteroatoms. The van der Waals surface area contributed by atoms with Crippen LogP contribution in [0.5, 0.6) is 0 Å². The van der Waals surface area contributed by atoms with Gasteiger partial charge in [-0.05, 0) is 49.0 Å². The van der Waals surface area contributed by atoms with Gasteiger partial charge in [-0.2, -0.15) is 0 Å². The molecule has 0 unspecified atom stereocenters. The first-order valence-electron chi connectivity index (χ1n) is 7.25. The molecular formula is C17H15N5OS. The predicted octanol–water partition coefficient (Wildman–Crippen LogP) is 3.00. The van der Waals surface area contributed by atoms with Crippen molar-refractivity contribution in [2.45, 2.75) is 17.1 Å². The van der Waals surface area contributed by atoms with E-state index in [9.17, 15) is 4.79 Å². The van der Waals surface area contributed by atoms with E-state index in [-0.39, 0.29) is 5.91 Å². The Hall–Kier alpha value is -2.80. The summed E-state index contributed by atoms with van der Waals surface area (Å²) in [5, 5.41) is 1.37. The summed E-state index contributed by atoms with van der Waals surface area (Å²) < 4.78 is 0. The zero-order chi connectivity index (χ0) is 16.9. The van der Waals surface area contributed by atoms with Crippen molar-refractivity contribution in [2.75, 3.05) is 11.9 Å². The molecule has 0 bridgehead atoms. The molecule has 0 aliphatic rings. The topological polar surface area (TPSA) is 71.9 Å². The third kappa shape index (κ3) is 3.75. The van der Waals surface area contributed by atoms with Crippen LogP contribution in [0, 0.1) is 6.92 Å². The summed E-state index contributed by atoms with van der Waals surface area (Å²) in [5.74, 6) is -0.140. The van der Waals surface area contributed by atoms with E-state index in [1.807, 2.05) is 19.1 Å². The minimum absolute atomic E-state index is 0.140. The highest BCUT2D eigenvalue weighted by atomic mass is 32.2. The van der Waals surface area contributed by atoms with Crippen LogP contribution in [0.25, 0.3) is 0 Å². The van der Waals surface area contributed by atoms with Gasteiger partial charge < -0.3 is 4.90 Å². The lowest BCUT2D eigenvalue weighted by Crippen LogP contribution is -2.26. The van der Waals surface area contributed by atoms with Crippen LogP contribution in [-0.2, 0) is 0 Å². The number of pyridine rings is 2. The molecule has 120 valence electrons. The third-order valence-electron chi connectivity index (χ3n) is 3.29. The van der Waals surface area contributed by atoms with E-state index >= 15 is 0 Å². The van der Waals surface area contributed by atoms with E-state index in [0.717, 1.165) is 16.4 Å². The number of aromatic nitrogens is 4. The summed E-state index contributed by atoms with van der Waals surface area (Å²) in [7, 11) is 1.71. The maximum atomic E-state index is 12.5. The van der Waals surface area contributed by atoms with Gasteiger partial charge in [0.25, 0.3) is 5.91 Å². The molecule has 0 aliphatic carbocycles. The van der Waals surface area contributed by atoms with Gasteiger partial charge in [0.05, 0.1) is 17.4 Å². The summed E-state index contributed by atoms with van der Waals surface area (Å²) in [6.45, 7) is 1.91. The Balaban J connectivity index is 1.73. The standard InChI is InChI=1S/C17H15N5OS/c1-12-7-9-19-17(21-12)24-15-6-5-13(10-20-15)16(23)22(2)14-4-3-8-18-11-14/h3-11H,1-2H3. The maximum absolute atomic E-state index is 12.5. The average Bonchev–Trinajstić information content (AvgIpc) is 2.62. The van der Waals surface area contributed by atoms with E-state index in [1.165, 1.54) is 11.8 Å². The summed E-state index contributed by atoms with van der Waals surface area (Å²) in [5.41, 5.74) is 2.14. The fourth-order valence-corrected chi connectivity index (χ4v) is 2.73. The average molecular weight is 337 g/mol. The largest absolute Gasteiger partial charge is 0.310 e. The number of rotatable bonds is 4. The van der Waals surface area contributed by atoms with E-state index in [1.54, 1.807) is 54.9 Å². The Morgan fingerprint density at radius 1 is 1.08 bits per heavy atom. The molecule has 3 rings (SSSR count). The van der Waals surface area contributed by atoms with E-state index in [4.69, 9.17) is 0 Å². The zero-order valence-electron chi connectivity index (χ0n) is 13.2. The Kier molecular flexibility index (Phi) is 4.81. The second-order valence-corrected chi connectivity index (χ2v) is 6.03. The molecule has 6 nitrogen and oxygen atoms in total. The van der Waals surface area contributed by atoms with Crippen molar-refractivity contribution in [3.05, 3.63) is 66.4 Å². The number of carbonyl (C=O) groups excluding carboxylic acids is 1. The molecule has 0 aliphatic heterocycles. The van der Waals surface area contributed by atoms with E-state index in [0.29, 0.717) is 10.7 Å². The number of hydrogen-bond acceptors (Lipinski definition) is 6. The van der Waals surface area contributed by atoms with Crippen LogP contribution in [0.15, 0.2) is 65.3 Å².